The first-order valence-electron chi connectivity index (χ1n) is 8.66. The van der Waals surface area contributed by atoms with Crippen LogP contribution in [0.3, 0.4) is 0 Å². The summed E-state index contributed by atoms with van der Waals surface area (Å²) in [6, 6.07) is 10.3. The third kappa shape index (κ3) is 3.58. The number of urea groups is 1. The van der Waals surface area contributed by atoms with Crippen LogP contribution in [0.5, 0.6) is 0 Å². The molecule has 0 radical (unpaired) electrons. The lowest BCUT2D eigenvalue weighted by atomic mass is 9.92. The lowest BCUT2D eigenvalue weighted by Gasteiger charge is -2.22. The molecule has 1 heterocycles. The number of halogens is 2. The van der Waals surface area contributed by atoms with E-state index in [9.17, 15) is 23.2 Å². The molecule has 1 saturated heterocycles. The van der Waals surface area contributed by atoms with Crippen molar-refractivity contribution in [2.24, 2.45) is 0 Å². The highest BCUT2D eigenvalue weighted by Gasteiger charge is 2.49. The summed E-state index contributed by atoms with van der Waals surface area (Å²) in [6.07, 6.45) is 0. The number of carbonyl (C=O) groups excluding carboxylic acids is 3. The van der Waals surface area contributed by atoms with Gasteiger partial charge < -0.3 is 10.6 Å². The molecule has 0 saturated carbocycles. The number of imide groups is 1. The molecule has 2 N–H and O–H groups in total. The van der Waals surface area contributed by atoms with Crippen molar-refractivity contribution in [3.63, 3.8) is 0 Å². The van der Waals surface area contributed by atoms with Crippen molar-refractivity contribution >= 4 is 17.8 Å². The molecule has 1 fully saturated rings. The number of hydrogen-bond donors (Lipinski definition) is 2. The van der Waals surface area contributed by atoms with Gasteiger partial charge in [0.25, 0.3) is 5.91 Å². The topological polar surface area (TPSA) is 78.5 Å². The van der Waals surface area contributed by atoms with Crippen LogP contribution in [0.25, 0.3) is 0 Å². The monoisotopic (exact) mass is 387 g/mol. The van der Waals surface area contributed by atoms with Crippen LogP contribution in [-0.4, -0.2) is 29.3 Å². The maximum Gasteiger partial charge on any atom is 0.325 e. The van der Waals surface area contributed by atoms with Crippen LogP contribution in [0.4, 0.5) is 13.6 Å². The summed E-state index contributed by atoms with van der Waals surface area (Å²) in [6.45, 7) is 2.57. The second-order valence-corrected chi connectivity index (χ2v) is 6.77. The molecular formula is C20H19F2N3O3. The SMILES string of the molecule is C[C@@H](NC(=O)CN1C(=O)N[C@](C)(c2ccccc2)C1=O)c1ccc(F)cc1F. The zero-order valence-corrected chi connectivity index (χ0v) is 15.3. The summed E-state index contributed by atoms with van der Waals surface area (Å²) in [7, 11) is 0. The molecule has 3 rings (SSSR count). The van der Waals surface area contributed by atoms with E-state index in [1.807, 2.05) is 0 Å². The van der Waals surface area contributed by atoms with Gasteiger partial charge in [-0.1, -0.05) is 36.4 Å². The van der Waals surface area contributed by atoms with Gasteiger partial charge in [-0.05, 0) is 25.5 Å². The molecule has 1 aliphatic heterocycles. The lowest BCUT2D eigenvalue weighted by Crippen LogP contribution is -2.43. The van der Waals surface area contributed by atoms with E-state index in [2.05, 4.69) is 10.6 Å². The minimum atomic E-state index is -1.27. The van der Waals surface area contributed by atoms with E-state index in [0.29, 0.717) is 5.56 Å². The molecule has 2 atom stereocenters. The Kier molecular flexibility index (Phi) is 5.13. The summed E-state index contributed by atoms with van der Waals surface area (Å²) in [4.78, 5) is 38.2. The third-order valence-corrected chi connectivity index (χ3v) is 4.73. The smallest absolute Gasteiger partial charge is 0.325 e. The fourth-order valence-electron chi connectivity index (χ4n) is 3.17. The molecule has 0 aromatic heterocycles. The van der Waals surface area contributed by atoms with Crippen LogP contribution in [0.15, 0.2) is 48.5 Å². The van der Waals surface area contributed by atoms with E-state index in [1.165, 1.54) is 13.0 Å². The normalized spacial score (nSPS) is 20.1. The van der Waals surface area contributed by atoms with Crippen LogP contribution >= 0.6 is 0 Å². The molecule has 0 unspecified atom stereocenters. The van der Waals surface area contributed by atoms with Crippen molar-refractivity contribution in [2.75, 3.05) is 6.54 Å². The highest BCUT2D eigenvalue weighted by molar-refractivity contribution is 6.09. The van der Waals surface area contributed by atoms with Crippen molar-refractivity contribution in [2.45, 2.75) is 25.4 Å². The third-order valence-electron chi connectivity index (χ3n) is 4.73. The van der Waals surface area contributed by atoms with Gasteiger partial charge in [0.05, 0.1) is 6.04 Å². The quantitative estimate of drug-likeness (QED) is 0.774. The second-order valence-electron chi connectivity index (χ2n) is 6.77. The Hall–Kier alpha value is -3.29. The molecule has 146 valence electrons. The summed E-state index contributed by atoms with van der Waals surface area (Å²) in [5, 5.41) is 5.12. The number of carbonyl (C=O) groups is 3. The molecule has 4 amide bonds. The molecule has 2 aromatic carbocycles. The average Bonchev–Trinajstić information content (AvgIpc) is 2.86. The van der Waals surface area contributed by atoms with Gasteiger partial charge in [-0.3, -0.25) is 14.5 Å². The number of nitrogens with zero attached hydrogens (tertiary/aromatic N) is 1. The highest BCUT2D eigenvalue weighted by atomic mass is 19.1. The Bertz CT molecular complexity index is 936. The lowest BCUT2D eigenvalue weighted by molar-refractivity contribution is -0.135. The molecule has 0 bridgehead atoms. The van der Waals surface area contributed by atoms with Gasteiger partial charge in [0, 0.05) is 11.6 Å². The minimum absolute atomic E-state index is 0.0982. The maximum atomic E-state index is 13.8. The molecule has 6 nitrogen and oxygen atoms in total. The number of nitrogens with one attached hydrogen (secondary N) is 2. The first-order chi connectivity index (χ1) is 13.2. The fourth-order valence-corrected chi connectivity index (χ4v) is 3.17. The second kappa shape index (κ2) is 7.38. The Morgan fingerprint density at radius 1 is 1.18 bits per heavy atom. The molecule has 0 aliphatic carbocycles. The number of rotatable bonds is 5. The Morgan fingerprint density at radius 3 is 2.50 bits per heavy atom. The van der Waals surface area contributed by atoms with Gasteiger partial charge >= 0.3 is 6.03 Å². The first kappa shape index (κ1) is 19.5. The number of amides is 4. The van der Waals surface area contributed by atoms with Crippen LogP contribution < -0.4 is 10.6 Å². The van der Waals surface area contributed by atoms with Crippen molar-refractivity contribution < 1.29 is 23.2 Å². The van der Waals surface area contributed by atoms with E-state index < -0.39 is 47.6 Å². The Morgan fingerprint density at radius 2 is 1.86 bits per heavy atom. The molecule has 0 spiro atoms. The van der Waals surface area contributed by atoms with Crippen LogP contribution in [0.2, 0.25) is 0 Å². The van der Waals surface area contributed by atoms with Gasteiger partial charge in [-0.2, -0.15) is 0 Å². The van der Waals surface area contributed by atoms with E-state index >= 15 is 0 Å². The molecular weight excluding hydrogens is 368 g/mol. The van der Waals surface area contributed by atoms with E-state index in [0.717, 1.165) is 17.0 Å². The van der Waals surface area contributed by atoms with Crippen molar-refractivity contribution in [1.82, 2.24) is 15.5 Å². The summed E-state index contributed by atoms with van der Waals surface area (Å²) < 4.78 is 26.9. The van der Waals surface area contributed by atoms with Crippen LogP contribution in [-0.2, 0) is 15.1 Å². The van der Waals surface area contributed by atoms with Crippen molar-refractivity contribution in [3.8, 4) is 0 Å². The zero-order valence-electron chi connectivity index (χ0n) is 15.3. The predicted octanol–water partition coefficient (Wildman–Crippen LogP) is 2.61. The van der Waals surface area contributed by atoms with Crippen molar-refractivity contribution in [1.29, 1.82) is 0 Å². The van der Waals surface area contributed by atoms with Gasteiger partial charge in [0.1, 0.15) is 23.7 Å². The number of hydrogen-bond acceptors (Lipinski definition) is 3. The predicted molar refractivity (Wildman–Crippen MR) is 97.0 cm³/mol. The fraction of sp³-hybridized carbons (Fsp3) is 0.250. The molecule has 8 heteroatoms. The highest BCUT2D eigenvalue weighted by Crippen LogP contribution is 2.28. The maximum absolute atomic E-state index is 13.8. The molecule has 1 aliphatic rings. The van der Waals surface area contributed by atoms with E-state index in [-0.39, 0.29) is 5.56 Å². The van der Waals surface area contributed by atoms with Crippen molar-refractivity contribution in [3.05, 3.63) is 71.3 Å². The summed E-state index contributed by atoms with van der Waals surface area (Å²) in [5.74, 6) is -2.71. The summed E-state index contributed by atoms with van der Waals surface area (Å²) in [5.41, 5.74) is -0.577. The summed E-state index contributed by atoms with van der Waals surface area (Å²) >= 11 is 0. The van der Waals surface area contributed by atoms with Gasteiger partial charge in [0.15, 0.2) is 0 Å². The Labute approximate surface area is 160 Å². The Balaban J connectivity index is 1.70. The first-order valence-corrected chi connectivity index (χ1v) is 8.66. The zero-order chi connectivity index (χ0) is 20.5. The van der Waals surface area contributed by atoms with Gasteiger partial charge in [-0.25, -0.2) is 13.6 Å². The molecule has 28 heavy (non-hydrogen) atoms. The van der Waals surface area contributed by atoms with E-state index in [4.69, 9.17) is 0 Å². The van der Waals surface area contributed by atoms with Gasteiger partial charge in [0.2, 0.25) is 5.91 Å². The van der Waals surface area contributed by atoms with Crippen LogP contribution in [0.1, 0.15) is 31.0 Å². The standard InChI is InChI=1S/C20H19F2N3O3/c1-12(15-9-8-14(21)10-16(15)22)23-17(26)11-25-18(27)20(2,24-19(25)28)13-6-4-3-5-7-13/h3-10,12H,11H2,1-2H3,(H,23,26)(H,24,28)/t12-,20-/m1/s1. The number of benzene rings is 2. The van der Waals surface area contributed by atoms with E-state index in [1.54, 1.807) is 37.3 Å². The molecule has 2 aromatic rings. The minimum Gasteiger partial charge on any atom is -0.348 e. The van der Waals surface area contributed by atoms with Crippen LogP contribution in [0, 0.1) is 11.6 Å². The average molecular weight is 387 g/mol. The largest absolute Gasteiger partial charge is 0.348 e. The van der Waals surface area contributed by atoms with Gasteiger partial charge in [-0.15, -0.1) is 0 Å².